The van der Waals surface area contributed by atoms with Crippen LogP contribution in [0.4, 0.5) is 0 Å². The SMILES string of the molecule is C1=Cc2c(-c3cccc(OCCn4ccnc4)c3)ccnc2C1. The van der Waals surface area contributed by atoms with E-state index in [1.165, 1.54) is 11.1 Å². The quantitative estimate of drug-likeness (QED) is 0.723. The average Bonchev–Trinajstić information content (AvgIpc) is 3.26. The highest BCUT2D eigenvalue weighted by Crippen LogP contribution is 2.31. The summed E-state index contributed by atoms with van der Waals surface area (Å²) in [6.07, 6.45) is 12.6. The molecule has 0 saturated heterocycles. The van der Waals surface area contributed by atoms with Gasteiger partial charge in [0.1, 0.15) is 12.4 Å². The van der Waals surface area contributed by atoms with Gasteiger partial charge in [-0.25, -0.2) is 4.98 Å². The summed E-state index contributed by atoms with van der Waals surface area (Å²) in [6.45, 7) is 1.41. The summed E-state index contributed by atoms with van der Waals surface area (Å²) in [7, 11) is 0. The van der Waals surface area contributed by atoms with E-state index >= 15 is 0 Å². The Balaban J connectivity index is 1.53. The Morgan fingerprint density at radius 1 is 1.17 bits per heavy atom. The van der Waals surface area contributed by atoms with Gasteiger partial charge in [-0.3, -0.25) is 4.98 Å². The fraction of sp³-hybridized carbons (Fsp3) is 0.158. The van der Waals surface area contributed by atoms with Gasteiger partial charge in [0.05, 0.1) is 18.6 Å². The summed E-state index contributed by atoms with van der Waals surface area (Å²) in [5.74, 6) is 0.884. The molecule has 4 rings (SSSR count). The number of aromatic nitrogens is 3. The summed E-state index contributed by atoms with van der Waals surface area (Å²) in [6, 6.07) is 10.3. The Kier molecular flexibility index (Phi) is 3.64. The second-order valence-electron chi connectivity index (χ2n) is 5.50. The molecule has 23 heavy (non-hydrogen) atoms. The van der Waals surface area contributed by atoms with Crippen molar-refractivity contribution in [3.8, 4) is 16.9 Å². The van der Waals surface area contributed by atoms with E-state index in [1.54, 1.807) is 12.5 Å². The molecule has 114 valence electrons. The molecule has 0 unspecified atom stereocenters. The third-order valence-corrected chi connectivity index (χ3v) is 3.99. The number of nitrogens with zero attached hydrogens (tertiary/aromatic N) is 3. The van der Waals surface area contributed by atoms with Gasteiger partial charge in [0.25, 0.3) is 0 Å². The minimum absolute atomic E-state index is 0.619. The number of fused-ring (bicyclic) bond motifs is 1. The normalized spacial score (nSPS) is 12.3. The molecule has 0 spiro atoms. The maximum atomic E-state index is 5.88. The molecule has 0 atom stereocenters. The highest BCUT2D eigenvalue weighted by atomic mass is 16.5. The molecule has 3 aromatic rings. The van der Waals surface area contributed by atoms with E-state index in [1.807, 2.05) is 29.1 Å². The fourth-order valence-corrected chi connectivity index (χ4v) is 2.85. The molecule has 0 amide bonds. The van der Waals surface area contributed by atoms with Crippen molar-refractivity contribution in [3.05, 3.63) is 72.6 Å². The minimum atomic E-state index is 0.619. The molecule has 0 aliphatic heterocycles. The van der Waals surface area contributed by atoms with Crippen molar-refractivity contribution >= 4 is 6.08 Å². The number of hydrogen-bond acceptors (Lipinski definition) is 3. The smallest absolute Gasteiger partial charge is 0.120 e. The van der Waals surface area contributed by atoms with E-state index in [4.69, 9.17) is 4.74 Å². The lowest BCUT2D eigenvalue weighted by Gasteiger charge is -2.11. The molecule has 0 saturated carbocycles. The van der Waals surface area contributed by atoms with E-state index in [0.717, 1.165) is 30.0 Å². The first-order chi connectivity index (χ1) is 11.4. The van der Waals surface area contributed by atoms with E-state index in [0.29, 0.717) is 6.61 Å². The number of ether oxygens (including phenoxy) is 1. The number of rotatable bonds is 5. The zero-order chi connectivity index (χ0) is 15.5. The van der Waals surface area contributed by atoms with E-state index < -0.39 is 0 Å². The molecule has 0 N–H and O–H groups in total. The van der Waals surface area contributed by atoms with Crippen molar-refractivity contribution in [3.63, 3.8) is 0 Å². The van der Waals surface area contributed by atoms with Crippen LogP contribution in [-0.4, -0.2) is 21.1 Å². The lowest BCUT2D eigenvalue weighted by Crippen LogP contribution is -2.06. The topological polar surface area (TPSA) is 39.9 Å². The van der Waals surface area contributed by atoms with Crippen LogP contribution >= 0.6 is 0 Å². The fourth-order valence-electron chi connectivity index (χ4n) is 2.85. The minimum Gasteiger partial charge on any atom is -0.492 e. The molecule has 4 heteroatoms. The zero-order valence-corrected chi connectivity index (χ0v) is 12.7. The van der Waals surface area contributed by atoms with Crippen LogP contribution < -0.4 is 4.74 Å². The molecule has 1 aliphatic carbocycles. The van der Waals surface area contributed by atoms with Crippen LogP contribution in [0.2, 0.25) is 0 Å². The summed E-state index contributed by atoms with van der Waals surface area (Å²) >= 11 is 0. The largest absolute Gasteiger partial charge is 0.492 e. The molecule has 2 aromatic heterocycles. The molecule has 2 heterocycles. The summed E-state index contributed by atoms with van der Waals surface area (Å²) < 4.78 is 7.88. The molecule has 0 bridgehead atoms. The van der Waals surface area contributed by atoms with Crippen molar-refractivity contribution in [1.29, 1.82) is 0 Å². The van der Waals surface area contributed by atoms with Crippen LogP contribution in [0, 0.1) is 0 Å². The molecular weight excluding hydrogens is 286 g/mol. The van der Waals surface area contributed by atoms with Crippen LogP contribution in [0.25, 0.3) is 17.2 Å². The average molecular weight is 303 g/mol. The maximum Gasteiger partial charge on any atom is 0.120 e. The van der Waals surface area contributed by atoms with Gasteiger partial charge in [0, 0.05) is 30.6 Å². The maximum absolute atomic E-state index is 5.88. The second-order valence-corrected chi connectivity index (χ2v) is 5.50. The monoisotopic (exact) mass is 303 g/mol. The standard InChI is InChI=1S/C19H17N3O/c1-3-15(17-7-8-21-19-6-2-5-18(17)19)13-16(4-1)23-12-11-22-10-9-20-14-22/h1-5,7-10,13-14H,6,11-12H2. The number of benzene rings is 1. The zero-order valence-electron chi connectivity index (χ0n) is 12.7. The van der Waals surface area contributed by atoms with Gasteiger partial charge >= 0.3 is 0 Å². The van der Waals surface area contributed by atoms with Gasteiger partial charge in [-0.05, 0) is 29.3 Å². The predicted molar refractivity (Wildman–Crippen MR) is 90.1 cm³/mol. The first kappa shape index (κ1) is 13.8. The summed E-state index contributed by atoms with van der Waals surface area (Å²) in [4.78, 5) is 8.47. The van der Waals surface area contributed by atoms with Crippen molar-refractivity contribution < 1.29 is 4.74 Å². The third-order valence-electron chi connectivity index (χ3n) is 3.99. The Morgan fingerprint density at radius 2 is 2.17 bits per heavy atom. The van der Waals surface area contributed by atoms with Crippen molar-refractivity contribution in [2.45, 2.75) is 13.0 Å². The Morgan fingerprint density at radius 3 is 3.09 bits per heavy atom. The molecule has 0 fully saturated rings. The molecule has 1 aliphatic rings. The Bertz CT molecular complexity index is 838. The molecule has 4 nitrogen and oxygen atoms in total. The predicted octanol–water partition coefficient (Wildman–Crippen LogP) is 3.59. The third kappa shape index (κ3) is 2.88. The molecule has 0 radical (unpaired) electrons. The number of imidazole rings is 1. The number of hydrogen-bond donors (Lipinski definition) is 0. The van der Waals surface area contributed by atoms with Crippen molar-refractivity contribution in [2.75, 3.05) is 6.61 Å². The van der Waals surface area contributed by atoms with Gasteiger partial charge in [-0.1, -0.05) is 24.3 Å². The first-order valence-corrected chi connectivity index (χ1v) is 7.73. The summed E-state index contributed by atoms with van der Waals surface area (Å²) in [5.41, 5.74) is 4.75. The lowest BCUT2D eigenvalue weighted by atomic mass is 10.0. The highest BCUT2D eigenvalue weighted by molar-refractivity contribution is 5.78. The molecule has 1 aromatic carbocycles. The van der Waals surface area contributed by atoms with Gasteiger partial charge in [0.2, 0.25) is 0 Å². The lowest BCUT2D eigenvalue weighted by molar-refractivity contribution is 0.298. The highest BCUT2D eigenvalue weighted by Gasteiger charge is 2.12. The van der Waals surface area contributed by atoms with E-state index in [-0.39, 0.29) is 0 Å². The van der Waals surface area contributed by atoms with Crippen molar-refractivity contribution in [1.82, 2.24) is 14.5 Å². The Labute approximate surface area is 135 Å². The van der Waals surface area contributed by atoms with Crippen LogP contribution in [0.15, 0.2) is 61.3 Å². The summed E-state index contributed by atoms with van der Waals surface area (Å²) in [5, 5.41) is 0. The van der Waals surface area contributed by atoms with E-state index in [2.05, 4.69) is 40.3 Å². The number of pyridine rings is 1. The van der Waals surface area contributed by atoms with E-state index in [9.17, 15) is 0 Å². The number of allylic oxidation sites excluding steroid dienone is 1. The van der Waals surface area contributed by atoms with Crippen LogP contribution in [-0.2, 0) is 13.0 Å². The van der Waals surface area contributed by atoms with Gasteiger partial charge in [0.15, 0.2) is 0 Å². The van der Waals surface area contributed by atoms with Gasteiger partial charge in [-0.2, -0.15) is 0 Å². The van der Waals surface area contributed by atoms with Gasteiger partial charge < -0.3 is 9.30 Å². The first-order valence-electron chi connectivity index (χ1n) is 7.73. The van der Waals surface area contributed by atoms with Crippen LogP contribution in [0.3, 0.4) is 0 Å². The second kappa shape index (κ2) is 6.08. The van der Waals surface area contributed by atoms with Crippen LogP contribution in [0.1, 0.15) is 11.3 Å². The van der Waals surface area contributed by atoms with Crippen molar-refractivity contribution in [2.24, 2.45) is 0 Å². The molecular formula is C19H17N3O. The Hall–Kier alpha value is -2.88. The van der Waals surface area contributed by atoms with Gasteiger partial charge in [-0.15, -0.1) is 0 Å². The van der Waals surface area contributed by atoms with Crippen LogP contribution in [0.5, 0.6) is 5.75 Å².